The Bertz CT molecular complexity index is 530. The van der Waals surface area contributed by atoms with Gasteiger partial charge in [0.1, 0.15) is 5.75 Å². The molecule has 0 aromatic heterocycles. The Kier molecular flexibility index (Phi) is 6.40. The van der Waals surface area contributed by atoms with Crippen molar-refractivity contribution in [2.75, 3.05) is 32.9 Å². The van der Waals surface area contributed by atoms with E-state index in [0.717, 1.165) is 12.2 Å². The topological polar surface area (TPSA) is 67.9 Å². The molecule has 0 spiro atoms. The van der Waals surface area contributed by atoms with Crippen LogP contribution in [0.2, 0.25) is 0 Å². The molecule has 1 aliphatic rings. The van der Waals surface area contributed by atoms with Crippen LogP contribution in [0.15, 0.2) is 24.3 Å². The van der Waals surface area contributed by atoms with Crippen molar-refractivity contribution >= 4 is 11.8 Å². The first-order valence-corrected chi connectivity index (χ1v) is 8.00. The van der Waals surface area contributed by atoms with Crippen LogP contribution in [0.1, 0.15) is 30.6 Å². The minimum atomic E-state index is -0.264. The number of benzene rings is 1. The van der Waals surface area contributed by atoms with Gasteiger partial charge in [0.2, 0.25) is 5.91 Å². The highest BCUT2D eigenvalue weighted by Gasteiger charge is 2.22. The van der Waals surface area contributed by atoms with E-state index in [1.54, 1.807) is 29.2 Å². The number of amides is 2. The maximum absolute atomic E-state index is 12.3. The van der Waals surface area contributed by atoms with Crippen LogP contribution in [0.25, 0.3) is 0 Å². The zero-order valence-corrected chi connectivity index (χ0v) is 13.7. The summed E-state index contributed by atoms with van der Waals surface area (Å²) in [4.78, 5) is 26.1. The molecule has 0 bridgehead atoms. The molecule has 0 aliphatic carbocycles. The Labute approximate surface area is 136 Å². The summed E-state index contributed by atoms with van der Waals surface area (Å²) in [5, 5.41) is 2.68. The van der Waals surface area contributed by atoms with Gasteiger partial charge >= 0.3 is 0 Å². The number of nitrogens with one attached hydrogen (secondary N) is 1. The van der Waals surface area contributed by atoms with E-state index in [1.807, 2.05) is 13.8 Å². The van der Waals surface area contributed by atoms with E-state index in [-0.39, 0.29) is 24.4 Å². The first kappa shape index (κ1) is 17.3. The lowest BCUT2D eigenvalue weighted by atomic mass is 10.2. The fraction of sp³-hybridized carbons (Fsp3) is 0.529. The molecule has 1 aromatic carbocycles. The highest BCUT2D eigenvalue weighted by atomic mass is 16.5. The molecule has 0 radical (unpaired) electrons. The molecule has 1 heterocycles. The van der Waals surface area contributed by atoms with Crippen LogP contribution < -0.4 is 10.1 Å². The Balaban J connectivity index is 1.86. The molecule has 1 N–H and O–H groups in total. The number of rotatable bonds is 5. The van der Waals surface area contributed by atoms with Gasteiger partial charge in [-0.25, -0.2) is 0 Å². The second kappa shape index (κ2) is 8.53. The summed E-state index contributed by atoms with van der Waals surface area (Å²) >= 11 is 0. The van der Waals surface area contributed by atoms with Crippen molar-refractivity contribution < 1.29 is 19.1 Å². The largest absolute Gasteiger partial charge is 0.494 e. The molecule has 1 aliphatic heterocycles. The van der Waals surface area contributed by atoms with Crippen LogP contribution in [-0.2, 0) is 9.53 Å². The molecule has 0 saturated carbocycles. The van der Waals surface area contributed by atoms with E-state index in [4.69, 9.17) is 9.47 Å². The van der Waals surface area contributed by atoms with Crippen LogP contribution in [0.4, 0.5) is 0 Å². The number of ether oxygens (including phenoxy) is 2. The van der Waals surface area contributed by atoms with E-state index in [1.165, 1.54) is 0 Å². The molecule has 2 rings (SSSR count). The lowest BCUT2D eigenvalue weighted by Gasteiger charge is -2.26. The predicted molar refractivity (Wildman–Crippen MR) is 86.6 cm³/mol. The molecule has 1 aromatic rings. The average Bonchev–Trinajstić information content (AvgIpc) is 2.78. The number of carbonyl (C=O) groups is 2. The molecule has 6 heteroatoms. The highest BCUT2D eigenvalue weighted by molar-refractivity contribution is 5.96. The molecule has 23 heavy (non-hydrogen) atoms. The fourth-order valence-corrected chi connectivity index (χ4v) is 2.49. The van der Waals surface area contributed by atoms with Crippen molar-refractivity contribution in [2.45, 2.75) is 26.3 Å². The monoisotopic (exact) mass is 320 g/mol. The summed E-state index contributed by atoms with van der Waals surface area (Å²) in [5.41, 5.74) is 0.508. The van der Waals surface area contributed by atoms with Gasteiger partial charge in [-0.2, -0.15) is 0 Å². The van der Waals surface area contributed by atoms with E-state index < -0.39 is 0 Å². The van der Waals surface area contributed by atoms with Crippen LogP contribution in [0.5, 0.6) is 5.75 Å². The van der Waals surface area contributed by atoms with Crippen molar-refractivity contribution in [1.82, 2.24) is 10.2 Å². The number of carbonyl (C=O) groups excluding carboxylic acids is 2. The highest BCUT2D eigenvalue weighted by Crippen LogP contribution is 2.12. The summed E-state index contributed by atoms with van der Waals surface area (Å²) in [6, 6.07) is 7.00. The second-order valence-electron chi connectivity index (χ2n) is 5.48. The molecule has 1 atom stereocenters. The zero-order valence-electron chi connectivity index (χ0n) is 13.7. The van der Waals surface area contributed by atoms with Gasteiger partial charge in [-0.3, -0.25) is 9.59 Å². The molecule has 126 valence electrons. The van der Waals surface area contributed by atoms with Crippen molar-refractivity contribution in [1.29, 1.82) is 0 Å². The predicted octanol–water partition coefficient (Wildman–Crippen LogP) is 1.45. The molecule has 1 fully saturated rings. The Hall–Kier alpha value is -2.08. The van der Waals surface area contributed by atoms with Gasteiger partial charge < -0.3 is 19.7 Å². The molecular weight excluding hydrogens is 296 g/mol. The molecule has 1 saturated heterocycles. The van der Waals surface area contributed by atoms with Gasteiger partial charge in [-0.15, -0.1) is 0 Å². The van der Waals surface area contributed by atoms with Crippen LogP contribution >= 0.6 is 0 Å². The third kappa shape index (κ3) is 4.96. The minimum Gasteiger partial charge on any atom is -0.494 e. The summed E-state index contributed by atoms with van der Waals surface area (Å²) in [6.07, 6.45) is 0.818. The normalized spacial score (nSPS) is 18.2. The molecule has 2 amide bonds. The SMILES string of the molecule is CCOc1ccc(C(=O)NCC(=O)N2CCOCCC2C)cc1. The van der Waals surface area contributed by atoms with Gasteiger partial charge in [0, 0.05) is 24.8 Å². The summed E-state index contributed by atoms with van der Waals surface area (Å²) < 4.78 is 10.7. The van der Waals surface area contributed by atoms with Gasteiger partial charge in [-0.05, 0) is 44.5 Å². The van der Waals surface area contributed by atoms with E-state index in [2.05, 4.69) is 5.32 Å². The van der Waals surface area contributed by atoms with Crippen molar-refractivity contribution in [3.8, 4) is 5.75 Å². The smallest absolute Gasteiger partial charge is 0.251 e. The summed E-state index contributed by atoms with van der Waals surface area (Å²) in [7, 11) is 0. The van der Waals surface area contributed by atoms with Gasteiger partial charge in [0.15, 0.2) is 0 Å². The first-order valence-electron chi connectivity index (χ1n) is 8.00. The number of nitrogens with zero attached hydrogens (tertiary/aromatic N) is 1. The van der Waals surface area contributed by atoms with Gasteiger partial charge in [-0.1, -0.05) is 0 Å². The summed E-state index contributed by atoms with van der Waals surface area (Å²) in [5.74, 6) is 0.376. The molecule has 1 unspecified atom stereocenters. The Morgan fingerprint density at radius 3 is 2.74 bits per heavy atom. The molecule has 6 nitrogen and oxygen atoms in total. The average molecular weight is 320 g/mol. The van der Waals surface area contributed by atoms with Gasteiger partial charge in [0.05, 0.1) is 19.8 Å². The second-order valence-corrected chi connectivity index (χ2v) is 5.48. The van der Waals surface area contributed by atoms with Crippen LogP contribution in [0.3, 0.4) is 0 Å². The first-order chi connectivity index (χ1) is 11.1. The Morgan fingerprint density at radius 2 is 2.04 bits per heavy atom. The maximum Gasteiger partial charge on any atom is 0.251 e. The van der Waals surface area contributed by atoms with Gasteiger partial charge in [0.25, 0.3) is 5.91 Å². The van der Waals surface area contributed by atoms with E-state index >= 15 is 0 Å². The fourth-order valence-electron chi connectivity index (χ4n) is 2.49. The number of hydrogen-bond acceptors (Lipinski definition) is 4. The summed E-state index contributed by atoms with van der Waals surface area (Å²) in [6.45, 7) is 6.27. The third-order valence-electron chi connectivity index (χ3n) is 3.84. The lowest BCUT2D eigenvalue weighted by Crippen LogP contribution is -2.45. The quantitative estimate of drug-likeness (QED) is 0.892. The standard InChI is InChI=1S/C17H24N2O4/c1-3-23-15-6-4-14(5-7-15)17(21)18-12-16(20)19-9-11-22-10-8-13(19)2/h4-7,13H,3,8-12H2,1-2H3,(H,18,21). The minimum absolute atomic E-state index is 0.00359. The number of hydrogen-bond donors (Lipinski definition) is 1. The van der Waals surface area contributed by atoms with E-state index in [0.29, 0.717) is 31.9 Å². The molecular formula is C17H24N2O4. The van der Waals surface area contributed by atoms with Crippen LogP contribution in [-0.4, -0.2) is 55.7 Å². The lowest BCUT2D eigenvalue weighted by molar-refractivity contribution is -0.132. The Morgan fingerprint density at radius 1 is 1.30 bits per heavy atom. The van der Waals surface area contributed by atoms with Crippen molar-refractivity contribution in [2.24, 2.45) is 0 Å². The zero-order chi connectivity index (χ0) is 16.7. The van der Waals surface area contributed by atoms with E-state index in [9.17, 15) is 9.59 Å². The van der Waals surface area contributed by atoms with Crippen molar-refractivity contribution in [3.05, 3.63) is 29.8 Å². The maximum atomic E-state index is 12.3. The van der Waals surface area contributed by atoms with Crippen molar-refractivity contribution in [3.63, 3.8) is 0 Å². The third-order valence-corrected chi connectivity index (χ3v) is 3.84. The van der Waals surface area contributed by atoms with Crippen LogP contribution in [0, 0.1) is 0 Å².